The highest BCUT2D eigenvalue weighted by molar-refractivity contribution is 5.85. The van der Waals surface area contributed by atoms with Crippen molar-refractivity contribution in [3.63, 3.8) is 0 Å². The van der Waals surface area contributed by atoms with E-state index >= 15 is 0 Å². The second kappa shape index (κ2) is 7.64. The largest absolute Gasteiger partial charge is 0.316 e. The fourth-order valence-electron chi connectivity index (χ4n) is 2.17. The Morgan fingerprint density at radius 1 is 1.41 bits per heavy atom. The molecular formula is C13H20ClFN2. The molecule has 0 bridgehead atoms. The van der Waals surface area contributed by atoms with Crippen molar-refractivity contribution >= 4 is 12.4 Å². The molecule has 17 heavy (non-hydrogen) atoms. The molecule has 0 aliphatic carbocycles. The Hall–Kier alpha value is -0.640. The van der Waals surface area contributed by atoms with Crippen molar-refractivity contribution in [3.05, 3.63) is 35.6 Å². The molecule has 0 radical (unpaired) electrons. The highest BCUT2D eigenvalue weighted by Gasteiger charge is 2.11. The van der Waals surface area contributed by atoms with Gasteiger partial charge >= 0.3 is 0 Å². The molecular weight excluding hydrogens is 239 g/mol. The minimum Gasteiger partial charge on any atom is -0.316 e. The summed E-state index contributed by atoms with van der Waals surface area (Å²) < 4.78 is 12.9. The Balaban J connectivity index is 0.00000144. The molecule has 1 aromatic carbocycles. The zero-order valence-corrected chi connectivity index (χ0v) is 10.7. The van der Waals surface area contributed by atoms with E-state index in [2.05, 4.69) is 10.6 Å². The van der Waals surface area contributed by atoms with Crippen molar-refractivity contribution in [3.8, 4) is 0 Å². The first-order valence-corrected chi connectivity index (χ1v) is 6.00. The summed E-state index contributed by atoms with van der Waals surface area (Å²) in [6.07, 6.45) is 2.56. The maximum absolute atomic E-state index is 12.9. The highest BCUT2D eigenvalue weighted by atomic mass is 35.5. The van der Waals surface area contributed by atoms with Crippen LogP contribution >= 0.6 is 12.4 Å². The van der Waals surface area contributed by atoms with E-state index in [9.17, 15) is 4.39 Å². The highest BCUT2D eigenvalue weighted by Crippen LogP contribution is 2.09. The average molecular weight is 259 g/mol. The minimum absolute atomic E-state index is 0. The molecule has 0 saturated carbocycles. The van der Waals surface area contributed by atoms with Gasteiger partial charge in [-0.3, -0.25) is 0 Å². The maximum Gasteiger partial charge on any atom is 0.123 e. The smallest absolute Gasteiger partial charge is 0.123 e. The molecule has 2 N–H and O–H groups in total. The van der Waals surface area contributed by atoms with Crippen LogP contribution in [0.4, 0.5) is 4.39 Å². The van der Waals surface area contributed by atoms with Crippen molar-refractivity contribution in [2.24, 2.45) is 5.92 Å². The zero-order chi connectivity index (χ0) is 11.2. The van der Waals surface area contributed by atoms with Crippen molar-refractivity contribution in [2.75, 3.05) is 19.6 Å². The summed E-state index contributed by atoms with van der Waals surface area (Å²) in [7, 11) is 0. The number of nitrogens with one attached hydrogen (secondary N) is 2. The first-order chi connectivity index (χ1) is 7.84. The predicted octanol–water partition coefficient (Wildman–Crippen LogP) is 2.34. The van der Waals surface area contributed by atoms with Crippen LogP contribution < -0.4 is 10.6 Å². The monoisotopic (exact) mass is 258 g/mol. The normalized spacial score (nSPS) is 19.7. The third kappa shape index (κ3) is 5.02. The molecule has 1 fully saturated rings. The van der Waals surface area contributed by atoms with Gasteiger partial charge in [-0.25, -0.2) is 4.39 Å². The number of piperidine rings is 1. The lowest BCUT2D eigenvalue weighted by atomic mass is 10.00. The van der Waals surface area contributed by atoms with Crippen LogP contribution in [-0.2, 0) is 6.54 Å². The Labute approximate surface area is 108 Å². The Bertz CT molecular complexity index is 327. The second-order valence-corrected chi connectivity index (χ2v) is 4.47. The summed E-state index contributed by atoms with van der Waals surface area (Å²) in [6, 6.07) is 6.78. The second-order valence-electron chi connectivity index (χ2n) is 4.47. The predicted molar refractivity (Wildman–Crippen MR) is 70.9 cm³/mol. The lowest BCUT2D eigenvalue weighted by molar-refractivity contribution is 0.360. The summed E-state index contributed by atoms with van der Waals surface area (Å²) >= 11 is 0. The van der Waals surface area contributed by atoms with E-state index in [-0.39, 0.29) is 18.2 Å². The third-order valence-electron chi connectivity index (χ3n) is 3.05. The van der Waals surface area contributed by atoms with Gasteiger partial charge in [0.1, 0.15) is 5.82 Å². The topological polar surface area (TPSA) is 24.1 Å². The Morgan fingerprint density at radius 3 is 3.00 bits per heavy atom. The molecule has 2 rings (SSSR count). The summed E-state index contributed by atoms with van der Waals surface area (Å²) in [5.41, 5.74) is 1.02. The van der Waals surface area contributed by atoms with Gasteiger partial charge in [-0.15, -0.1) is 12.4 Å². The standard InChI is InChI=1S/C13H19FN2.ClH/c14-13-5-1-3-11(7-13)8-16-10-12-4-2-6-15-9-12;/h1,3,5,7,12,15-16H,2,4,6,8-10H2;1H. The lowest BCUT2D eigenvalue weighted by Crippen LogP contribution is -2.35. The van der Waals surface area contributed by atoms with Crippen molar-refractivity contribution in [2.45, 2.75) is 19.4 Å². The molecule has 1 heterocycles. The van der Waals surface area contributed by atoms with E-state index in [1.165, 1.54) is 18.9 Å². The van der Waals surface area contributed by atoms with Gasteiger partial charge in [0.15, 0.2) is 0 Å². The van der Waals surface area contributed by atoms with Gasteiger partial charge in [0.25, 0.3) is 0 Å². The number of hydrogen-bond acceptors (Lipinski definition) is 2. The van der Waals surface area contributed by atoms with Crippen molar-refractivity contribution in [1.82, 2.24) is 10.6 Å². The molecule has 0 spiro atoms. The summed E-state index contributed by atoms with van der Waals surface area (Å²) in [5.74, 6) is 0.570. The first-order valence-electron chi connectivity index (χ1n) is 6.00. The molecule has 1 atom stereocenters. The molecule has 4 heteroatoms. The average Bonchev–Trinajstić information content (AvgIpc) is 2.30. The molecule has 1 saturated heterocycles. The van der Waals surface area contributed by atoms with Gasteiger partial charge in [-0.05, 0) is 56.1 Å². The number of benzene rings is 1. The van der Waals surface area contributed by atoms with Crippen LogP contribution in [0.5, 0.6) is 0 Å². The van der Waals surface area contributed by atoms with Gasteiger partial charge in [-0.1, -0.05) is 12.1 Å². The fourth-order valence-corrected chi connectivity index (χ4v) is 2.17. The molecule has 1 aliphatic heterocycles. The van der Waals surface area contributed by atoms with Crippen LogP contribution in [0.3, 0.4) is 0 Å². The number of halogens is 2. The van der Waals surface area contributed by atoms with Gasteiger partial charge < -0.3 is 10.6 Å². The molecule has 1 unspecified atom stereocenters. The number of hydrogen-bond donors (Lipinski definition) is 2. The molecule has 1 aromatic rings. The summed E-state index contributed by atoms with van der Waals surface area (Å²) in [4.78, 5) is 0. The van der Waals surface area contributed by atoms with Crippen LogP contribution in [0, 0.1) is 11.7 Å². The van der Waals surface area contributed by atoms with Gasteiger partial charge in [0.05, 0.1) is 0 Å². The zero-order valence-electron chi connectivity index (χ0n) is 9.92. The van der Waals surface area contributed by atoms with Crippen LogP contribution in [0.15, 0.2) is 24.3 Å². The molecule has 1 aliphatic rings. The van der Waals surface area contributed by atoms with E-state index in [0.717, 1.165) is 37.7 Å². The fraction of sp³-hybridized carbons (Fsp3) is 0.538. The van der Waals surface area contributed by atoms with E-state index in [0.29, 0.717) is 0 Å². The van der Waals surface area contributed by atoms with E-state index < -0.39 is 0 Å². The quantitative estimate of drug-likeness (QED) is 0.866. The Morgan fingerprint density at radius 2 is 2.29 bits per heavy atom. The van der Waals surface area contributed by atoms with Gasteiger partial charge in [0.2, 0.25) is 0 Å². The van der Waals surface area contributed by atoms with Gasteiger partial charge in [0, 0.05) is 6.54 Å². The maximum atomic E-state index is 12.9. The Kier molecular flexibility index (Phi) is 6.48. The minimum atomic E-state index is -0.154. The van der Waals surface area contributed by atoms with Gasteiger partial charge in [-0.2, -0.15) is 0 Å². The van der Waals surface area contributed by atoms with Crippen LogP contribution in [0.25, 0.3) is 0 Å². The lowest BCUT2D eigenvalue weighted by Gasteiger charge is -2.22. The summed E-state index contributed by atoms with van der Waals surface area (Å²) in [6.45, 7) is 4.04. The van der Waals surface area contributed by atoms with Crippen molar-refractivity contribution < 1.29 is 4.39 Å². The van der Waals surface area contributed by atoms with E-state index in [4.69, 9.17) is 0 Å². The molecule has 0 aromatic heterocycles. The SMILES string of the molecule is Cl.Fc1cccc(CNCC2CCCNC2)c1. The van der Waals surface area contributed by atoms with Crippen LogP contribution in [-0.4, -0.2) is 19.6 Å². The molecule has 2 nitrogen and oxygen atoms in total. The van der Waals surface area contributed by atoms with Crippen molar-refractivity contribution in [1.29, 1.82) is 0 Å². The molecule has 96 valence electrons. The van der Waals surface area contributed by atoms with Crippen LogP contribution in [0.1, 0.15) is 18.4 Å². The molecule has 0 amide bonds. The summed E-state index contributed by atoms with van der Waals surface area (Å²) in [5, 5.41) is 6.78. The number of rotatable bonds is 4. The third-order valence-corrected chi connectivity index (χ3v) is 3.05. The van der Waals surface area contributed by atoms with E-state index in [1.54, 1.807) is 12.1 Å². The van der Waals surface area contributed by atoms with Crippen LogP contribution in [0.2, 0.25) is 0 Å². The first kappa shape index (κ1) is 14.4. The van der Waals surface area contributed by atoms with E-state index in [1.807, 2.05) is 6.07 Å².